The van der Waals surface area contributed by atoms with E-state index in [0.29, 0.717) is 5.57 Å². The first-order valence-electron chi connectivity index (χ1n) is 5.08. The number of aliphatic carboxylic acids is 3. The number of carbonyl (C=O) groups is 4. The summed E-state index contributed by atoms with van der Waals surface area (Å²) in [6.45, 7) is 3.28. The minimum Gasteiger partial charge on any atom is -0.480 e. The third-order valence-corrected chi connectivity index (χ3v) is 2.57. The second kappa shape index (κ2) is 5.98. The number of ether oxygens (including phenoxy) is 1. The van der Waals surface area contributed by atoms with Crippen LogP contribution in [0.4, 0.5) is 0 Å². The van der Waals surface area contributed by atoms with Crippen LogP contribution in [0.15, 0.2) is 11.1 Å². The summed E-state index contributed by atoms with van der Waals surface area (Å²) in [5, 5.41) is 26.3. The summed E-state index contributed by atoms with van der Waals surface area (Å²) < 4.78 is 4.48. The summed E-state index contributed by atoms with van der Waals surface area (Å²) >= 11 is 0. The van der Waals surface area contributed by atoms with Crippen LogP contribution in [0.25, 0.3) is 0 Å². The zero-order chi connectivity index (χ0) is 15.4. The number of hydrogen-bond acceptors (Lipinski definition) is 5. The van der Waals surface area contributed by atoms with Crippen LogP contribution in [-0.4, -0.2) is 45.8 Å². The lowest BCUT2D eigenvalue weighted by Gasteiger charge is -2.19. The smallest absolute Gasteiger partial charge is 0.336 e. The zero-order valence-electron chi connectivity index (χ0n) is 10.6. The molecule has 0 atom stereocenters. The number of allylic oxidation sites excluding steroid dienone is 1. The molecule has 0 aromatic carbocycles. The predicted molar refractivity (Wildman–Crippen MR) is 60.3 cm³/mol. The second-order valence-corrected chi connectivity index (χ2v) is 4.02. The molecule has 0 spiro atoms. The summed E-state index contributed by atoms with van der Waals surface area (Å²) in [4.78, 5) is 44.0. The third-order valence-electron chi connectivity index (χ3n) is 2.57. The van der Waals surface area contributed by atoms with Gasteiger partial charge in [-0.3, -0.25) is 14.4 Å². The van der Waals surface area contributed by atoms with E-state index in [9.17, 15) is 19.2 Å². The van der Waals surface area contributed by atoms with Gasteiger partial charge in [0.1, 0.15) is 6.61 Å². The highest BCUT2D eigenvalue weighted by Gasteiger charge is 2.56. The largest absolute Gasteiger partial charge is 0.480 e. The van der Waals surface area contributed by atoms with Crippen molar-refractivity contribution < 1.29 is 39.2 Å². The molecule has 0 amide bonds. The molecular formula is C11H14O8. The van der Waals surface area contributed by atoms with Gasteiger partial charge in [-0.15, -0.1) is 0 Å². The van der Waals surface area contributed by atoms with Crippen molar-refractivity contribution >= 4 is 23.9 Å². The maximum absolute atomic E-state index is 11.4. The molecule has 0 bridgehead atoms. The van der Waals surface area contributed by atoms with Gasteiger partial charge in [0, 0.05) is 5.57 Å². The molecule has 0 fully saturated rings. The van der Waals surface area contributed by atoms with Gasteiger partial charge in [-0.25, -0.2) is 4.79 Å². The molecule has 0 aliphatic rings. The van der Waals surface area contributed by atoms with Crippen LogP contribution in [-0.2, 0) is 23.9 Å². The summed E-state index contributed by atoms with van der Waals surface area (Å²) in [5.41, 5.74) is -2.48. The SMILES string of the molecule is CC(C)=C(C)C(=O)OCC(C(=O)O)(C(=O)O)C(=O)O. The fraction of sp³-hybridized carbons (Fsp3) is 0.455. The summed E-state index contributed by atoms with van der Waals surface area (Å²) in [6.07, 6.45) is 0. The van der Waals surface area contributed by atoms with Gasteiger partial charge in [-0.2, -0.15) is 0 Å². The quantitative estimate of drug-likeness (QED) is 0.353. The van der Waals surface area contributed by atoms with E-state index < -0.39 is 35.9 Å². The molecule has 19 heavy (non-hydrogen) atoms. The van der Waals surface area contributed by atoms with Crippen LogP contribution >= 0.6 is 0 Å². The number of hydrogen-bond donors (Lipinski definition) is 3. The summed E-state index contributed by atoms with van der Waals surface area (Å²) in [7, 11) is 0. The molecule has 3 N–H and O–H groups in total. The van der Waals surface area contributed by atoms with Crippen LogP contribution in [0.2, 0.25) is 0 Å². The van der Waals surface area contributed by atoms with E-state index in [1.807, 2.05) is 0 Å². The molecule has 0 saturated heterocycles. The summed E-state index contributed by atoms with van der Waals surface area (Å²) in [5.74, 6) is -7.31. The topological polar surface area (TPSA) is 138 Å². The van der Waals surface area contributed by atoms with Crippen LogP contribution in [0.1, 0.15) is 20.8 Å². The highest BCUT2D eigenvalue weighted by atomic mass is 16.5. The Labute approximate surface area is 108 Å². The van der Waals surface area contributed by atoms with Crippen molar-refractivity contribution in [3.63, 3.8) is 0 Å². The minimum absolute atomic E-state index is 0.148. The Balaban J connectivity index is 5.25. The average molecular weight is 274 g/mol. The van der Waals surface area contributed by atoms with Crippen LogP contribution in [0, 0.1) is 5.41 Å². The standard InChI is InChI=1S/C11H14O8/c1-5(2)6(3)7(12)19-4-11(8(13)14,9(15)16)10(17)18/h4H2,1-3H3,(H,13,14)(H,15,16)(H,17,18). The Hall–Kier alpha value is -2.38. The van der Waals surface area contributed by atoms with Crippen LogP contribution < -0.4 is 0 Å². The van der Waals surface area contributed by atoms with Crippen molar-refractivity contribution in [1.29, 1.82) is 0 Å². The maximum Gasteiger partial charge on any atom is 0.336 e. The van der Waals surface area contributed by atoms with Crippen molar-refractivity contribution in [3.8, 4) is 0 Å². The zero-order valence-corrected chi connectivity index (χ0v) is 10.6. The number of carbonyl (C=O) groups excluding carboxylic acids is 1. The molecule has 0 aromatic rings. The second-order valence-electron chi connectivity index (χ2n) is 4.02. The number of carboxylic acid groups (broad SMARTS) is 3. The van der Waals surface area contributed by atoms with Gasteiger partial charge in [0.15, 0.2) is 0 Å². The molecule has 8 nitrogen and oxygen atoms in total. The lowest BCUT2D eigenvalue weighted by atomic mass is 9.89. The van der Waals surface area contributed by atoms with E-state index in [1.165, 1.54) is 6.92 Å². The van der Waals surface area contributed by atoms with Crippen LogP contribution in [0.5, 0.6) is 0 Å². The van der Waals surface area contributed by atoms with Crippen molar-refractivity contribution in [2.45, 2.75) is 20.8 Å². The molecule has 8 heteroatoms. The first-order valence-corrected chi connectivity index (χ1v) is 5.08. The van der Waals surface area contributed by atoms with Crippen molar-refractivity contribution in [2.24, 2.45) is 5.41 Å². The molecule has 0 aromatic heterocycles. The Bertz CT molecular complexity index is 419. The Morgan fingerprint density at radius 2 is 1.26 bits per heavy atom. The van der Waals surface area contributed by atoms with E-state index in [4.69, 9.17) is 15.3 Å². The van der Waals surface area contributed by atoms with Crippen molar-refractivity contribution in [2.75, 3.05) is 6.61 Å². The van der Waals surface area contributed by atoms with Gasteiger partial charge in [0.05, 0.1) is 0 Å². The number of rotatable bonds is 6. The summed E-state index contributed by atoms with van der Waals surface area (Å²) in [6, 6.07) is 0. The molecule has 0 aliphatic heterocycles. The number of carboxylic acids is 3. The minimum atomic E-state index is -3.21. The number of esters is 1. The van der Waals surface area contributed by atoms with E-state index in [1.54, 1.807) is 13.8 Å². The lowest BCUT2D eigenvalue weighted by molar-refractivity contribution is -0.180. The Morgan fingerprint density at radius 3 is 1.53 bits per heavy atom. The van der Waals surface area contributed by atoms with E-state index in [-0.39, 0.29) is 5.57 Å². The van der Waals surface area contributed by atoms with E-state index >= 15 is 0 Å². The fourth-order valence-electron chi connectivity index (χ4n) is 0.946. The van der Waals surface area contributed by atoms with Crippen molar-refractivity contribution in [1.82, 2.24) is 0 Å². The highest BCUT2D eigenvalue weighted by molar-refractivity contribution is 6.16. The molecule has 0 heterocycles. The third kappa shape index (κ3) is 3.30. The first-order chi connectivity index (χ1) is 8.57. The Morgan fingerprint density at radius 1 is 0.895 bits per heavy atom. The molecular weight excluding hydrogens is 260 g/mol. The first kappa shape index (κ1) is 16.6. The normalized spacial score (nSPS) is 10.5. The highest BCUT2D eigenvalue weighted by Crippen LogP contribution is 2.20. The molecule has 0 saturated carbocycles. The van der Waals surface area contributed by atoms with Gasteiger partial charge in [-0.1, -0.05) is 5.57 Å². The van der Waals surface area contributed by atoms with Gasteiger partial charge >= 0.3 is 23.9 Å². The average Bonchev–Trinajstić information content (AvgIpc) is 2.26. The Kier molecular flexibility index (Phi) is 5.23. The predicted octanol–water partition coefficient (Wildman–Crippen LogP) is 0.126. The van der Waals surface area contributed by atoms with E-state index in [0.717, 1.165) is 0 Å². The van der Waals surface area contributed by atoms with Gasteiger partial charge in [-0.05, 0) is 20.8 Å². The van der Waals surface area contributed by atoms with Gasteiger partial charge in [0.25, 0.3) is 5.41 Å². The van der Waals surface area contributed by atoms with Crippen molar-refractivity contribution in [3.05, 3.63) is 11.1 Å². The molecule has 0 aliphatic carbocycles. The van der Waals surface area contributed by atoms with E-state index in [2.05, 4.69) is 4.74 Å². The fourth-order valence-corrected chi connectivity index (χ4v) is 0.946. The van der Waals surface area contributed by atoms with Crippen LogP contribution in [0.3, 0.4) is 0 Å². The van der Waals surface area contributed by atoms with Gasteiger partial charge in [0.2, 0.25) is 0 Å². The van der Waals surface area contributed by atoms with Gasteiger partial charge < -0.3 is 20.1 Å². The monoisotopic (exact) mass is 274 g/mol. The molecule has 0 radical (unpaired) electrons. The molecule has 0 unspecified atom stereocenters. The maximum atomic E-state index is 11.4. The molecule has 0 rings (SSSR count). The molecule has 106 valence electrons. The lowest BCUT2D eigenvalue weighted by Crippen LogP contribution is -2.50.